The first-order valence-electron chi connectivity index (χ1n) is 5.09. The molecule has 0 fully saturated rings. The van der Waals surface area contributed by atoms with E-state index in [0.29, 0.717) is 11.5 Å². The lowest BCUT2D eigenvalue weighted by Crippen LogP contribution is -1.96. The number of carbonyl (C=O) groups is 1. The summed E-state index contributed by atoms with van der Waals surface area (Å²) in [6.07, 6.45) is 2.28. The molecule has 0 bridgehead atoms. The minimum atomic E-state index is -0.665. The Morgan fingerprint density at radius 2 is 1.89 bits per heavy atom. The Morgan fingerprint density at radius 3 is 2.33 bits per heavy atom. The molecule has 0 saturated carbocycles. The molecular formula is C12H12Cl2O4. The molecule has 2 heterocycles. The highest BCUT2D eigenvalue weighted by Gasteiger charge is 2.06. The minimum Gasteiger partial charge on any atom is -0.467 e. The first kappa shape index (κ1) is 14.8. The molecule has 0 aliphatic rings. The van der Waals surface area contributed by atoms with Crippen molar-refractivity contribution in [2.45, 2.75) is 6.10 Å². The molecule has 1 N–H and O–H groups in total. The highest BCUT2D eigenvalue weighted by atomic mass is 35.5. The van der Waals surface area contributed by atoms with E-state index in [1.165, 1.54) is 12.5 Å². The maximum Gasteiger partial charge on any atom is 0.212 e. The summed E-state index contributed by atoms with van der Waals surface area (Å²) in [4.78, 5) is 10.6. The highest BCUT2D eigenvalue weighted by Crippen LogP contribution is 2.13. The molecule has 2 aromatic rings. The van der Waals surface area contributed by atoms with Gasteiger partial charge in [-0.15, -0.1) is 23.2 Å². The normalized spacial score (nSPS) is 11.5. The molecule has 1 atom stereocenters. The van der Waals surface area contributed by atoms with Gasteiger partial charge in [0.05, 0.1) is 24.3 Å². The third-order valence-corrected chi connectivity index (χ3v) is 2.47. The van der Waals surface area contributed by atoms with E-state index in [0.717, 1.165) is 0 Å². The number of hydrogen-bond donors (Lipinski definition) is 1. The van der Waals surface area contributed by atoms with Crippen molar-refractivity contribution in [3.63, 3.8) is 0 Å². The van der Waals surface area contributed by atoms with Crippen molar-refractivity contribution < 1.29 is 18.7 Å². The molecule has 98 valence electrons. The quantitative estimate of drug-likeness (QED) is 0.693. The van der Waals surface area contributed by atoms with Gasteiger partial charge >= 0.3 is 0 Å². The zero-order valence-electron chi connectivity index (χ0n) is 9.38. The van der Waals surface area contributed by atoms with Gasteiger partial charge in [-0.2, -0.15) is 0 Å². The van der Waals surface area contributed by atoms with Crippen molar-refractivity contribution >= 4 is 29.0 Å². The third-order valence-electron chi connectivity index (χ3n) is 1.94. The van der Waals surface area contributed by atoms with Crippen LogP contribution in [0.25, 0.3) is 0 Å². The van der Waals surface area contributed by atoms with Gasteiger partial charge in [0.15, 0.2) is 5.76 Å². The van der Waals surface area contributed by atoms with Crippen LogP contribution in [0.4, 0.5) is 0 Å². The molecule has 0 unspecified atom stereocenters. The number of aliphatic hydroxyl groups is 1. The van der Waals surface area contributed by atoms with Gasteiger partial charge in [0.2, 0.25) is 5.78 Å². The Hall–Kier alpha value is -1.23. The van der Waals surface area contributed by atoms with Crippen LogP contribution >= 0.6 is 23.2 Å². The monoisotopic (exact) mass is 290 g/mol. The largest absolute Gasteiger partial charge is 0.467 e. The van der Waals surface area contributed by atoms with Gasteiger partial charge in [0, 0.05) is 0 Å². The summed E-state index contributed by atoms with van der Waals surface area (Å²) in [5, 5.41) is 8.99. The standard InChI is InChI=1S/C6H7ClO2.C6H5ClO2/c2*7-4-5(8)6-2-1-3-9-6/h1-3,5,8H,4H2;1-3H,4H2/t5-;/m1./s1. The molecule has 0 aliphatic carbocycles. The summed E-state index contributed by atoms with van der Waals surface area (Å²) in [6.45, 7) is 0. The van der Waals surface area contributed by atoms with Gasteiger partial charge in [-0.25, -0.2) is 0 Å². The number of ketones is 1. The van der Waals surface area contributed by atoms with Gasteiger partial charge < -0.3 is 13.9 Å². The van der Waals surface area contributed by atoms with Crippen LogP contribution in [0.5, 0.6) is 0 Å². The minimum absolute atomic E-state index is 0.0203. The van der Waals surface area contributed by atoms with Gasteiger partial charge in [0.25, 0.3) is 0 Å². The van der Waals surface area contributed by atoms with E-state index in [1.807, 2.05) is 0 Å². The van der Waals surface area contributed by atoms with Crippen LogP contribution in [0.1, 0.15) is 22.4 Å². The lowest BCUT2D eigenvalue weighted by atomic mass is 10.3. The third kappa shape index (κ3) is 4.56. The van der Waals surface area contributed by atoms with Crippen LogP contribution < -0.4 is 0 Å². The first-order valence-corrected chi connectivity index (χ1v) is 6.16. The SMILES string of the molecule is O=C(CCl)c1ccco1.O[C@H](CCl)c1ccco1. The molecule has 4 nitrogen and oxygen atoms in total. The molecule has 0 amide bonds. The van der Waals surface area contributed by atoms with E-state index in [9.17, 15) is 4.79 Å². The first-order chi connectivity index (χ1) is 8.69. The van der Waals surface area contributed by atoms with Crippen LogP contribution in [-0.2, 0) is 0 Å². The number of hydrogen-bond acceptors (Lipinski definition) is 4. The van der Waals surface area contributed by atoms with Crippen LogP contribution in [-0.4, -0.2) is 22.6 Å². The van der Waals surface area contributed by atoms with Crippen molar-refractivity contribution in [3.05, 3.63) is 48.3 Å². The summed E-state index contributed by atoms with van der Waals surface area (Å²) < 4.78 is 9.60. The molecule has 0 aliphatic heterocycles. The average Bonchev–Trinajstić information content (AvgIpc) is 3.09. The Morgan fingerprint density at radius 1 is 1.22 bits per heavy atom. The molecule has 0 radical (unpaired) electrons. The summed E-state index contributed by atoms with van der Waals surface area (Å²) in [7, 11) is 0. The van der Waals surface area contributed by atoms with Gasteiger partial charge in [-0.05, 0) is 24.3 Å². The van der Waals surface area contributed by atoms with Crippen LogP contribution in [0, 0.1) is 0 Å². The molecule has 6 heteroatoms. The lowest BCUT2D eigenvalue weighted by Gasteiger charge is -1.99. The fourth-order valence-corrected chi connectivity index (χ4v) is 1.34. The highest BCUT2D eigenvalue weighted by molar-refractivity contribution is 6.30. The van der Waals surface area contributed by atoms with E-state index in [-0.39, 0.29) is 17.5 Å². The topological polar surface area (TPSA) is 63.6 Å². The van der Waals surface area contributed by atoms with Gasteiger partial charge in [-0.1, -0.05) is 0 Å². The number of halogens is 2. The van der Waals surface area contributed by atoms with Crippen LogP contribution in [0.2, 0.25) is 0 Å². The van der Waals surface area contributed by atoms with E-state index in [4.69, 9.17) is 37.1 Å². The smallest absolute Gasteiger partial charge is 0.212 e. The predicted octanol–water partition coefficient (Wildman–Crippen LogP) is 3.25. The number of furan rings is 2. The van der Waals surface area contributed by atoms with Gasteiger partial charge in [-0.3, -0.25) is 4.79 Å². The summed E-state index contributed by atoms with van der Waals surface area (Å²) in [6, 6.07) is 6.64. The summed E-state index contributed by atoms with van der Waals surface area (Å²) >= 11 is 10.6. The van der Waals surface area contributed by atoms with Crippen molar-refractivity contribution in [2.24, 2.45) is 0 Å². The van der Waals surface area contributed by atoms with E-state index < -0.39 is 6.10 Å². The Kier molecular flexibility index (Phi) is 6.57. The molecular weight excluding hydrogens is 279 g/mol. The fraction of sp³-hybridized carbons (Fsp3) is 0.250. The zero-order chi connectivity index (χ0) is 13.4. The van der Waals surface area contributed by atoms with Gasteiger partial charge in [0.1, 0.15) is 11.9 Å². The molecule has 0 saturated heterocycles. The van der Waals surface area contributed by atoms with Crippen molar-refractivity contribution in [2.75, 3.05) is 11.8 Å². The molecule has 2 rings (SSSR count). The average molecular weight is 291 g/mol. The van der Waals surface area contributed by atoms with E-state index >= 15 is 0 Å². The fourth-order valence-electron chi connectivity index (χ4n) is 1.06. The predicted molar refractivity (Wildman–Crippen MR) is 68.1 cm³/mol. The zero-order valence-corrected chi connectivity index (χ0v) is 10.9. The van der Waals surface area contributed by atoms with Crippen LogP contribution in [0.3, 0.4) is 0 Å². The second kappa shape index (κ2) is 7.97. The Balaban J connectivity index is 0.000000180. The van der Waals surface area contributed by atoms with Crippen molar-refractivity contribution in [1.29, 1.82) is 0 Å². The summed E-state index contributed by atoms with van der Waals surface area (Å²) in [5.74, 6) is 0.817. The number of carbonyl (C=O) groups excluding carboxylic acids is 1. The molecule has 0 aromatic carbocycles. The second-order valence-electron chi connectivity index (χ2n) is 3.22. The maximum atomic E-state index is 10.6. The Labute approximate surface area is 114 Å². The number of aliphatic hydroxyl groups excluding tert-OH is 1. The number of rotatable bonds is 4. The van der Waals surface area contributed by atoms with Crippen molar-refractivity contribution in [3.8, 4) is 0 Å². The summed E-state index contributed by atoms with van der Waals surface area (Å²) in [5.41, 5.74) is 0. The second-order valence-corrected chi connectivity index (χ2v) is 3.80. The van der Waals surface area contributed by atoms with E-state index in [1.54, 1.807) is 24.3 Å². The molecule has 18 heavy (non-hydrogen) atoms. The number of Topliss-reactive ketones (excluding diaryl/α,β-unsaturated/α-hetero) is 1. The molecule has 2 aromatic heterocycles. The molecule has 0 spiro atoms. The van der Waals surface area contributed by atoms with E-state index in [2.05, 4.69) is 0 Å². The maximum absolute atomic E-state index is 10.6. The van der Waals surface area contributed by atoms with Crippen LogP contribution in [0.15, 0.2) is 45.6 Å². The number of alkyl halides is 2. The van der Waals surface area contributed by atoms with Crippen molar-refractivity contribution in [1.82, 2.24) is 0 Å². The lowest BCUT2D eigenvalue weighted by molar-refractivity contribution is 0.0990. The Bertz CT molecular complexity index is 437.